The normalized spacial score (nSPS) is 14.5. The number of pyridine rings is 1. The van der Waals surface area contributed by atoms with Crippen LogP contribution >= 0.6 is 0 Å². The molecule has 1 amide bonds. The van der Waals surface area contributed by atoms with E-state index in [1.165, 1.54) is 17.4 Å². The van der Waals surface area contributed by atoms with E-state index < -0.39 is 35.5 Å². The van der Waals surface area contributed by atoms with Crippen molar-refractivity contribution < 1.29 is 36.8 Å². The number of benzene rings is 2. The van der Waals surface area contributed by atoms with Crippen molar-refractivity contribution in [2.45, 2.75) is 51.2 Å². The molecule has 1 heterocycles. The van der Waals surface area contributed by atoms with E-state index >= 15 is 0 Å². The van der Waals surface area contributed by atoms with Crippen LogP contribution in [0, 0.1) is 24.0 Å². The molecule has 2 aromatic carbocycles. The highest BCUT2D eigenvalue weighted by atomic mass is 19.4. The maximum Gasteiger partial charge on any atom is 0.433 e. The van der Waals surface area contributed by atoms with Gasteiger partial charge in [0.05, 0.1) is 18.8 Å². The van der Waals surface area contributed by atoms with Crippen molar-refractivity contribution in [3.63, 3.8) is 0 Å². The van der Waals surface area contributed by atoms with Crippen molar-refractivity contribution in [3.8, 4) is 16.9 Å². The van der Waals surface area contributed by atoms with Crippen molar-refractivity contribution in [2.24, 2.45) is 0 Å². The molecule has 1 unspecified atom stereocenters. The zero-order valence-corrected chi connectivity index (χ0v) is 23.2. The van der Waals surface area contributed by atoms with Crippen LogP contribution in [0.5, 0.6) is 5.75 Å². The summed E-state index contributed by atoms with van der Waals surface area (Å²) >= 11 is 0. The van der Waals surface area contributed by atoms with Crippen LogP contribution in [0.2, 0.25) is 0 Å². The highest BCUT2D eigenvalue weighted by Crippen LogP contribution is 2.33. The summed E-state index contributed by atoms with van der Waals surface area (Å²) in [5.74, 6) is -1.37. The van der Waals surface area contributed by atoms with Crippen molar-refractivity contribution in [3.05, 3.63) is 94.5 Å². The smallest absolute Gasteiger partial charge is 0.433 e. The van der Waals surface area contributed by atoms with Crippen LogP contribution in [-0.2, 0) is 11.2 Å². The second-order valence-corrected chi connectivity index (χ2v) is 10.2. The number of aryl methyl sites for hydroxylation is 1. The third-order valence-electron chi connectivity index (χ3n) is 7.22. The number of hydrogen-bond acceptors (Lipinski definition) is 4. The fourth-order valence-corrected chi connectivity index (χ4v) is 5.25. The third kappa shape index (κ3) is 7.58. The predicted molar refractivity (Wildman–Crippen MR) is 148 cm³/mol. The van der Waals surface area contributed by atoms with E-state index in [-0.39, 0.29) is 25.0 Å². The summed E-state index contributed by atoms with van der Waals surface area (Å²) < 4.78 is 73.2. The number of carbonyl (C=O) groups is 1. The topological polar surface area (TPSA) is 91.7 Å². The van der Waals surface area contributed by atoms with Gasteiger partial charge in [0, 0.05) is 29.8 Å². The van der Waals surface area contributed by atoms with Gasteiger partial charge in [-0.1, -0.05) is 12.1 Å². The Kier molecular flexibility index (Phi) is 9.72. The number of allylic oxidation sites excluding steroid dienone is 2. The second kappa shape index (κ2) is 13.2. The lowest BCUT2D eigenvalue weighted by Crippen LogP contribution is -2.85. The van der Waals surface area contributed by atoms with Crippen LogP contribution in [0.15, 0.2) is 66.0 Å². The minimum Gasteiger partial charge on any atom is -0.497 e. The molecule has 0 bridgehead atoms. The molecule has 1 aromatic heterocycles. The summed E-state index contributed by atoms with van der Waals surface area (Å²) in [6, 6.07) is 11.4. The number of ether oxygens (including phenoxy) is 1. The lowest BCUT2D eigenvalue weighted by molar-refractivity contribution is -0.598. The molecule has 4 N–H and O–H groups in total. The van der Waals surface area contributed by atoms with Gasteiger partial charge in [-0.15, -0.1) is 0 Å². The number of rotatable bonds is 10. The standard InChI is InChI=1S/C31H31F5N4O2/c1-18-12-22(42-2)9-10-23(18)24-7-5-11-38-29(24)27(15-19-13-20(32)16-21(33)14-19)40-28(41)17-39-26-8-4-3-6-25(26)30(37)31(34,35)36/h5,7,9-14,16,27,37,39H,3-4,6,8,15,17H2,1-2H3,(H,40,41)/p+1. The molecular formula is C31H32F5N4O2+. The first-order valence-corrected chi connectivity index (χ1v) is 13.5. The van der Waals surface area contributed by atoms with E-state index in [2.05, 4.69) is 10.3 Å². The molecule has 1 aliphatic carbocycles. The molecule has 0 saturated heterocycles. The van der Waals surface area contributed by atoms with Gasteiger partial charge in [-0.3, -0.25) is 15.2 Å². The quantitative estimate of drug-likeness (QED) is 0.209. The number of amides is 1. The number of methoxy groups -OCH3 is 1. The predicted octanol–water partition coefficient (Wildman–Crippen LogP) is 5.72. The first-order chi connectivity index (χ1) is 20.0. The van der Waals surface area contributed by atoms with Gasteiger partial charge in [0.2, 0.25) is 0 Å². The number of halogens is 5. The Labute approximate surface area is 240 Å². The minimum atomic E-state index is -4.77. The van der Waals surface area contributed by atoms with E-state index in [4.69, 9.17) is 10.1 Å². The fourth-order valence-electron chi connectivity index (χ4n) is 5.25. The van der Waals surface area contributed by atoms with Crippen LogP contribution in [0.4, 0.5) is 22.0 Å². The first kappa shape index (κ1) is 30.8. The number of alkyl halides is 3. The van der Waals surface area contributed by atoms with Crippen molar-refractivity contribution in [2.75, 3.05) is 13.7 Å². The Morgan fingerprint density at radius 1 is 1.07 bits per heavy atom. The molecule has 42 heavy (non-hydrogen) atoms. The molecule has 1 atom stereocenters. The Balaban J connectivity index is 1.65. The molecule has 0 spiro atoms. The summed E-state index contributed by atoms with van der Waals surface area (Å²) in [6.07, 6.45) is -1.55. The lowest BCUT2D eigenvalue weighted by atomic mass is 9.92. The molecular weight excluding hydrogens is 555 g/mol. The van der Waals surface area contributed by atoms with E-state index in [1.807, 2.05) is 25.1 Å². The van der Waals surface area contributed by atoms with E-state index in [0.717, 1.165) is 17.2 Å². The zero-order valence-electron chi connectivity index (χ0n) is 23.2. The first-order valence-electron chi connectivity index (χ1n) is 13.5. The maximum atomic E-state index is 14.1. The maximum absolute atomic E-state index is 14.1. The summed E-state index contributed by atoms with van der Waals surface area (Å²) in [5.41, 5.74) is 2.01. The van der Waals surface area contributed by atoms with Crippen LogP contribution in [0.3, 0.4) is 0 Å². The molecule has 0 radical (unpaired) electrons. The number of nitrogens with two attached hydrogens (primary N) is 1. The summed E-state index contributed by atoms with van der Waals surface area (Å²) in [7, 11) is 1.56. The average molecular weight is 588 g/mol. The van der Waals surface area contributed by atoms with Gasteiger partial charge in [-0.05, 0) is 79.6 Å². The van der Waals surface area contributed by atoms with Gasteiger partial charge in [-0.25, -0.2) is 8.78 Å². The molecule has 3 aromatic rings. The van der Waals surface area contributed by atoms with Gasteiger partial charge >= 0.3 is 6.18 Å². The lowest BCUT2D eigenvalue weighted by Gasteiger charge is -2.23. The Morgan fingerprint density at radius 2 is 1.79 bits per heavy atom. The molecule has 0 saturated carbocycles. The minimum absolute atomic E-state index is 0.00625. The molecule has 6 nitrogen and oxygen atoms in total. The summed E-state index contributed by atoms with van der Waals surface area (Å²) in [5, 5.41) is 11.9. The van der Waals surface area contributed by atoms with Gasteiger partial charge in [0.1, 0.15) is 28.8 Å². The van der Waals surface area contributed by atoms with Gasteiger partial charge < -0.3 is 15.4 Å². The fraction of sp³-hybridized carbons (Fsp3) is 0.323. The molecule has 0 aliphatic heterocycles. The van der Waals surface area contributed by atoms with Gasteiger partial charge in [-0.2, -0.15) is 13.2 Å². The monoisotopic (exact) mass is 587 g/mol. The van der Waals surface area contributed by atoms with Gasteiger partial charge in [0.15, 0.2) is 6.54 Å². The summed E-state index contributed by atoms with van der Waals surface area (Å²) in [6.45, 7) is 1.66. The zero-order chi connectivity index (χ0) is 30.4. The molecule has 4 rings (SSSR count). The van der Waals surface area contributed by atoms with E-state index in [0.29, 0.717) is 47.5 Å². The number of hydrogen-bond donors (Lipinski definition) is 3. The number of carbonyl (C=O) groups excluding carboxylic acids is 1. The van der Waals surface area contributed by atoms with Crippen molar-refractivity contribution in [1.29, 1.82) is 5.41 Å². The van der Waals surface area contributed by atoms with E-state index in [1.54, 1.807) is 25.4 Å². The Hall–Kier alpha value is -4.12. The van der Waals surface area contributed by atoms with Crippen LogP contribution in [0.25, 0.3) is 11.1 Å². The summed E-state index contributed by atoms with van der Waals surface area (Å²) in [4.78, 5) is 17.8. The average Bonchev–Trinajstić information content (AvgIpc) is 2.94. The third-order valence-corrected chi connectivity index (χ3v) is 7.22. The van der Waals surface area contributed by atoms with E-state index in [9.17, 15) is 26.7 Å². The molecule has 11 heteroatoms. The number of nitrogens with one attached hydrogen (secondary N) is 2. The van der Waals surface area contributed by atoms with Gasteiger partial charge in [0.25, 0.3) is 5.91 Å². The largest absolute Gasteiger partial charge is 0.497 e. The SMILES string of the molecule is COc1ccc(-c2cccnc2C(Cc2cc(F)cc(F)c2)NC(=O)C[NH2+]C2=C(C(=N)C(F)(F)F)CCCC2)c(C)c1. The van der Waals surface area contributed by atoms with Crippen LogP contribution in [0.1, 0.15) is 48.5 Å². The highest BCUT2D eigenvalue weighted by Gasteiger charge is 2.39. The highest BCUT2D eigenvalue weighted by molar-refractivity contribution is 6.02. The van der Waals surface area contributed by atoms with Crippen LogP contribution in [-0.4, -0.2) is 36.4 Å². The Morgan fingerprint density at radius 3 is 2.45 bits per heavy atom. The van der Waals surface area contributed by atoms with Crippen molar-refractivity contribution in [1.82, 2.24) is 10.3 Å². The number of aromatic nitrogens is 1. The Bertz CT molecular complexity index is 1480. The molecule has 1 aliphatic rings. The van der Waals surface area contributed by atoms with Crippen LogP contribution < -0.4 is 15.4 Å². The molecule has 0 fully saturated rings. The second-order valence-electron chi connectivity index (χ2n) is 10.2. The number of nitrogens with zero attached hydrogens (tertiary/aromatic N) is 1. The number of quaternary nitrogens is 1. The molecule has 222 valence electrons. The van der Waals surface area contributed by atoms with Crippen molar-refractivity contribution >= 4 is 11.6 Å².